The topological polar surface area (TPSA) is 50.4 Å². The first-order chi connectivity index (χ1) is 12.1. The molecule has 1 aliphatic carbocycles. The molecule has 3 rings (SSSR count). The van der Waals surface area contributed by atoms with Crippen LogP contribution in [0.5, 0.6) is 5.75 Å². The van der Waals surface area contributed by atoms with Crippen molar-refractivity contribution in [2.24, 2.45) is 0 Å². The summed E-state index contributed by atoms with van der Waals surface area (Å²) in [4.78, 5) is 12.4. The Bertz CT molecular complexity index is 749. The van der Waals surface area contributed by atoms with Crippen molar-refractivity contribution in [2.45, 2.75) is 38.5 Å². The van der Waals surface area contributed by atoms with E-state index in [1.54, 1.807) is 7.11 Å². The molecule has 0 aromatic heterocycles. The number of ether oxygens (including phenoxy) is 1. The van der Waals surface area contributed by atoms with Crippen LogP contribution in [0.25, 0.3) is 0 Å². The Hall–Kier alpha value is -2.49. The van der Waals surface area contributed by atoms with E-state index in [0.717, 1.165) is 41.8 Å². The van der Waals surface area contributed by atoms with Crippen molar-refractivity contribution < 1.29 is 9.53 Å². The molecule has 0 radical (unpaired) electrons. The summed E-state index contributed by atoms with van der Waals surface area (Å²) in [6.07, 6.45) is 3.10. The molecule has 0 aliphatic heterocycles. The van der Waals surface area contributed by atoms with Gasteiger partial charge in [0.25, 0.3) is 0 Å². The summed E-state index contributed by atoms with van der Waals surface area (Å²) in [5.41, 5.74) is 4.51. The largest absolute Gasteiger partial charge is 0.497 e. The summed E-state index contributed by atoms with van der Waals surface area (Å²) in [6.45, 7) is 4.77. The maximum atomic E-state index is 12.4. The van der Waals surface area contributed by atoms with E-state index >= 15 is 0 Å². The van der Waals surface area contributed by atoms with Crippen molar-refractivity contribution in [1.82, 2.24) is 5.32 Å². The Morgan fingerprint density at radius 2 is 1.88 bits per heavy atom. The highest BCUT2D eigenvalue weighted by molar-refractivity contribution is 5.91. The molecule has 132 valence electrons. The van der Waals surface area contributed by atoms with E-state index < -0.39 is 0 Å². The van der Waals surface area contributed by atoms with Gasteiger partial charge in [0.1, 0.15) is 5.75 Å². The standard InChI is InChI=1S/C21H26N2O2/c1-4-16-7-5-6-15(2)19(16)23-20(24)22-14-21(12-13-21)17-8-10-18(25-3)11-9-17/h5-11H,4,12-14H2,1-3H3,(H2,22,23,24). The number of rotatable bonds is 6. The van der Waals surface area contributed by atoms with Crippen LogP contribution in [0.3, 0.4) is 0 Å². The number of hydrogen-bond donors (Lipinski definition) is 2. The number of nitrogens with one attached hydrogen (secondary N) is 2. The lowest BCUT2D eigenvalue weighted by atomic mass is 9.96. The molecule has 1 fully saturated rings. The summed E-state index contributed by atoms with van der Waals surface area (Å²) in [5.74, 6) is 0.858. The lowest BCUT2D eigenvalue weighted by Gasteiger charge is -2.18. The van der Waals surface area contributed by atoms with Crippen molar-refractivity contribution in [1.29, 1.82) is 0 Å². The molecule has 2 N–H and O–H groups in total. The number of aryl methyl sites for hydroxylation is 2. The molecule has 2 aromatic carbocycles. The monoisotopic (exact) mass is 338 g/mol. The molecule has 0 bridgehead atoms. The molecule has 4 nitrogen and oxygen atoms in total. The molecule has 1 aliphatic rings. The predicted molar refractivity (Wildman–Crippen MR) is 101 cm³/mol. The summed E-state index contributed by atoms with van der Waals surface area (Å²) >= 11 is 0. The number of methoxy groups -OCH3 is 1. The average Bonchev–Trinajstić information content (AvgIpc) is 3.43. The third-order valence-corrected chi connectivity index (χ3v) is 5.12. The zero-order valence-electron chi connectivity index (χ0n) is 15.2. The van der Waals surface area contributed by atoms with Crippen LogP contribution in [0.2, 0.25) is 0 Å². The SMILES string of the molecule is CCc1cccc(C)c1NC(=O)NCC1(c2ccc(OC)cc2)CC1. The molecular formula is C21H26N2O2. The van der Waals surface area contributed by atoms with Gasteiger partial charge in [-0.05, 0) is 55.0 Å². The number of para-hydroxylation sites is 1. The molecule has 0 heterocycles. The molecule has 0 spiro atoms. The highest BCUT2D eigenvalue weighted by atomic mass is 16.5. The minimum absolute atomic E-state index is 0.0724. The first kappa shape index (κ1) is 17.3. The Morgan fingerprint density at radius 1 is 1.16 bits per heavy atom. The van der Waals surface area contributed by atoms with Gasteiger partial charge < -0.3 is 15.4 Å². The van der Waals surface area contributed by atoms with Gasteiger partial charge in [-0.3, -0.25) is 0 Å². The molecule has 0 unspecified atom stereocenters. The van der Waals surface area contributed by atoms with Crippen molar-refractivity contribution in [2.75, 3.05) is 19.0 Å². The molecule has 2 amide bonds. The van der Waals surface area contributed by atoms with Crippen LogP contribution in [0.4, 0.5) is 10.5 Å². The predicted octanol–water partition coefficient (Wildman–Crippen LogP) is 4.42. The lowest BCUT2D eigenvalue weighted by molar-refractivity contribution is 0.251. The maximum Gasteiger partial charge on any atom is 0.319 e. The van der Waals surface area contributed by atoms with E-state index in [0.29, 0.717) is 6.54 Å². The number of benzene rings is 2. The second kappa shape index (κ2) is 7.18. The first-order valence-electron chi connectivity index (χ1n) is 8.86. The van der Waals surface area contributed by atoms with Gasteiger partial charge in [0.2, 0.25) is 0 Å². The summed E-state index contributed by atoms with van der Waals surface area (Å²) < 4.78 is 5.22. The van der Waals surface area contributed by atoms with E-state index in [2.05, 4.69) is 35.8 Å². The highest BCUT2D eigenvalue weighted by Gasteiger charge is 2.44. The van der Waals surface area contributed by atoms with Crippen LogP contribution in [0, 0.1) is 6.92 Å². The second-order valence-electron chi connectivity index (χ2n) is 6.78. The number of anilines is 1. The van der Waals surface area contributed by atoms with Crippen molar-refractivity contribution in [3.05, 3.63) is 59.2 Å². The van der Waals surface area contributed by atoms with E-state index in [1.807, 2.05) is 31.2 Å². The highest BCUT2D eigenvalue weighted by Crippen LogP contribution is 2.47. The van der Waals surface area contributed by atoms with Gasteiger partial charge >= 0.3 is 6.03 Å². The third kappa shape index (κ3) is 3.78. The molecule has 1 saturated carbocycles. The van der Waals surface area contributed by atoms with E-state index in [1.165, 1.54) is 5.56 Å². The van der Waals surface area contributed by atoms with Gasteiger partial charge in [-0.1, -0.05) is 37.3 Å². The maximum absolute atomic E-state index is 12.4. The normalized spacial score (nSPS) is 14.7. The van der Waals surface area contributed by atoms with Crippen LogP contribution >= 0.6 is 0 Å². The quantitative estimate of drug-likeness (QED) is 0.819. The van der Waals surface area contributed by atoms with Crippen LogP contribution < -0.4 is 15.4 Å². The molecular weight excluding hydrogens is 312 g/mol. The van der Waals surface area contributed by atoms with E-state index in [-0.39, 0.29) is 11.4 Å². The van der Waals surface area contributed by atoms with Crippen LogP contribution in [-0.4, -0.2) is 19.7 Å². The smallest absolute Gasteiger partial charge is 0.319 e. The number of carbonyl (C=O) groups excluding carboxylic acids is 1. The molecule has 0 saturated heterocycles. The number of amides is 2. The van der Waals surface area contributed by atoms with E-state index in [4.69, 9.17) is 4.74 Å². The fraction of sp³-hybridized carbons (Fsp3) is 0.381. The second-order valence-corrected chi connectivity index (χ2v) is 6.78. The lowest BCUT2D eigenvalue weighted by Crippen LogP contribution is -2.35. The number of carbonyl (C=O) groups is 1. The Kier molecular flexibility index (Phi) is 4.98. The van der Waals surface area contributed by atoms with Gasteiger partial charge in [-0.25, -0.2) is 4.79 Å². The summed E-state index contributed by atoms with van der Waals surface area (Å²) in [6, 6.07) is 14.1. The van der Waals surface area contributed by atoms with Crippen LogP contribution in [0.1, 0.15) is 36.5 Å². The number of urea groups is 1. The first-order valence-corrected chi connectivity index (χ1v) is 8.86. The molecule has 4 heteroatoms. The Balaban J connectivity index is 1.62. The Labute approximate surface area is 149 Å². The van der Waals surface area contributed by atoms with Crippen LogP contribution in [0.15, 0.2) is 42.5 Å². The Morgan fingerprint density at radius 3 is 2.48 bits per heavy atom. The average molecular weight is 338 g/mol. The van der Waals surface area contributed by atoms with Gasteiger partial charge in [0.15, 0.2) is 0 Å². The van der Waals surface area contributed by atoms with Crippen molar-refractivity contribution in [3.63, 3.8) is 0 Å². The third-order valence-electron chi connectivity index (χ3n) is 5.12. The summed E-state index contributed by atoms with van der Waals surface area (Å²) in [5, 5.41) is 6.09. The number of hydrogen-bond acceptors (Lipinski definition) is 2. The van der Waals surface area contributed by atoms with Gasteiger partial charge in [-0.2, -0.15) is 0 Å². The minimum Gasteiger partial charge on any atom is -0.497 e. The molecule has 25 heavy (non-hydrogen) atoms. The zero-order valence-corrected chi connectivity index (χ0v) is 15.2. The fourth-order valence-corrected chi connectivity index (χ4v) is 3.27. The zero-order chi connectivity index (χ0) is 17.9. The molecule has 2 aromatic rings. The minimum atomic E-state index is -0.135. The fourth-order valence-electron chi connectivity index (χ4n) is 3.27. The molecule has 0 atom stereocenters. The van der Waals surface area contributed by atoms with Crippen molar-refractivity contribution in [3.8, 4) is 5.75 Å². The summed E-state index contributed by atoms with van der Waals surface area (Å²) in [7, 11) is 1.67. The van der Waals surface area contributed by atoms with Gasteiger partial charge in [-0.15, -0.1) is 0 Å². The van der Waals surface area contributed by atoms with E-state index in [9.17, 15) is 4.79 Å². The van der Waals surface area contributed by atoms with Gasteiger partial charge in [0, 0.05) is 17.6 Å². The van der Waals surface area contributed by atoms with Crippen molar-refractivity contribution >= 4 is 11.7 Å². The van der Waals surface area contributed by atoms with Gasteiger partial charge in [0.05, 0.1) is 7.11 Å². The van der Waals surface area contributed by atoms with Crippen LogP contribution in [-0.2, 0) is 11.8 Å².